The van der Waals surface area contributed by atoms with Crippen molar-refractivity contribution in [2.75, 3.05) is 0 Å². The highest BCUT2D eigenvalue weighted by atomic mass is 127. The molecule has 1 fully saturated rings. The van der Waals surface area contributed by atoms with Gasteiger partial charge in [-0.3, -0.25) is 0 Å². The molecule has 0 aliphatic heterocycles. The molecule has 0 spiro atoms. The van der Waals surface area contributed by atoms with Gasteiger partial charge in [-0.1, -0.05) is 29.8 Å². The van der Waals surface area contributed by atoms with Crippen LogP contribution in [0, 0.1) is 9.39 Å². The van der Waals surface area contributed by atoms with Crippen molar-refractivity contribution in [3.05, 3.63) is 55.9 Å². The molecule has 3 rings (SSSR count). The highest BCUT2D eigenvalue weighted by Crippen LogP contribution is 2.42. The lowest BCUT2D eigenvalue weighted by Gasteiger charge is -2.08. The predicted molar refractivity (Wildman–Crippen MR) is 80.9 cm³/mol. The van der Waals surface area contributed by atoms with Gasteiger partial charge in [0.05, 0.1) is 9.26 Å². The number of rotatable bonds is 3. The molecule has 1 aromatic carbocycles. The van der Waals surface area contributed by atoms with Gasteiger partial charge in [0.1, 0.15) is 16.8 Å². The van der Waals surface area contributed by atoms with Crippen LogP contribution in [0.25, 0.3) is 0 Å². The molecule has 1 aliphatic carbocycles. The van der Waals surface area contributed by atoms with Gasteiger partial charge in [0.2, 0.25) is 0 Å². The molecule has 1 aromatic heterocycles. The van der Waals surface area contributed by atoms with Gasteiger partial charge in [0, 0.05) is 12.3 Å². The van der Waals surface area contributed by atoms with E-state index in [0.29, 0.717) is 28.9 Å². The molecule has 0 unspecified atom stereocenters. The van der Waals surface area contributed by atoms with Crippen LogP contribution in [-0.2, 0) is 6.42 Å². The second-order valence-corrected chi connectivity index (χ2v) is 6.11. The first-order valence-electron chi connectivity index (χ1n) is 6.10. The summed E-state index contributed by atoms with van der Waals surface area (Å²) in [5.41, 5.74) is 1.62. The van der Waals surface area contributed by atoms with Crippen molar-refractivity contribution in [1.29, 1.82) is 0 Å². The Bertz CT molecular complexity index is 629. The molecule has 1 saturated carbocycles. The fourth-order valence-corrected chi connectivity index (χ4v) is 2.88. The summed E-state index contributed by atoms with van der Waals surface area (Å²) in [4.78, 5) is 8.82. The number of hydrogen-bond donors (Lipinski definition) is 0. The molecule has 0 atom stereocenters. The summed E-state index contributed by atoms with van der Waals surface area (Å²) >= 11 is 8.33. The molecule has 0 N–H and O–H groups in total. The van der Waals surface area contributed by atoms with Crippen LogP contribution in [0.5, 0.6) is 0 Å². The Morgan fingerprint density at radius 2 is 2.00 bits per heavy atom. The van der Waals surface area contributed by atoms with E-state index >= 15 is 0 Å². The van der Waals surface area contributed by atoms with Gasteiger partial charge in [0.25, 0.3) is 0 Å². The van der Waals surface area contributed by atoms with E-state index in [9.17, 15) is 4.39 Å². The minimum absolute atomic E-state index is 0.228. The second-order valence-electron chi connectivity index (χ2n) is 4.67. The summed E-state index contributed by atoms with van der Waals surface area (Å²) in [6, 6.07) is 6.69. The van der Waals surface area contributed by atoms with Gasteiger partial charge in [-0.05, 0) is 47.1 Å². The Hall–Kier alpha value is -0.750. The minimum atomic E-state index is -0.228. The van der Waals surface area contributed by atoms with Gasteiger partial charge in [-0.25, -0.2) is 14.4 Å². The molecule has 0 bridgehead atoms. The topological polar surface area (TPSA) is 25.8 Å². The number of halogens is 3. The molecule has 0 saturated heterocycles. The quantitative estimate of drug-likeness (QED) is 0.577. The van der Waals surface area contributed by atoms with Crippen molar-refractivity contribution in [3.8, 4) is 0 Å². The molecule has 1 aliphatic rings. The first-order chi connectivity index (χ1) is 9.15. The molecule has 2 aromatic rings. The van der Waals surface area contributed by atoms with Crippen molar-refractivity contribution in [2.45, 2.75) is 25.2 Å². The third kappa shape index (κ3) is 2.89. The first kappa shape index (κ1) is 13.2. The maximum Gasteiger partial charge on any atom is 0.146 e. The Morgan fingerprint density at radius 3 is 2.68 bits per heavy atom. The number of hydrogen-bond acceptors (Lipinski definition) is 2. The third-order valence-corrected chi connectivity index (χ3v) is 4.81. The van der Waals surface area contributed by atoms with Crippen molar-refractivity contribution in [1.82, 2.24) is 9.97 Å². The Balaban J connectivity index is 1.95. The smallest absolute Gasteiger partial charge is 0.146 e. The van der Waals surface area contributed by atoms with E-state index in [-0.39, 0.29) is 5.82 Å². The maximum atomic E-state index is 13.6. The lowest BCUT2D eigenvalue weighted by Crippen LogP contribution is -2.04. The minimum Gasteiger partial charge on any atom is -0.236 e. The molecular formula is C14H11ClFIN2. The summed E-state index contributed by atoms with van der Waals surface area (Å²) in [5, 5.41) is 0.476. The summed E-state index contributed by atoms with van der Waals surface area (Å²) in [6.07, 6.45) is 2.69. The van der Waals surface area contributed by atoms with E-state index < -0.39 is 0 Å². The van der Waals surface area contributed by atoms with Crippen LogP contribution in [0.15, 0.2) is 24.3 Å². The SMILES string of the molecule is Fc1ccccc1Cc1nc(Cl)c(I)c(C2CC2)n1. The number of aromatic nitrogens is 2. The highest BCUT2D eigenvalue weighted by molar-refractivity contribution is 14.1. The van der Waals surface area contributed by atoms with E-state index in [2.05, 4.69) is 32.6 Å². The zero-order chi connectivity index (χ0) is 13.4. The second kappa shape index (κ2) is 5.32. The predicted octanol–water partition coefficient (Wildman–Crippen LogP) is 4.34. The summed E-state index contributed by atoms with van der Waals surface area (Å²) in [6.45, 7) is 0. The third-order valence-electron chi connectivity index (χ3n) is 3.15. The number of benzene rings is 1. The Labute approximate surface area is 129 Å². The monoisotopic (exact) mass is 388 g/mol. The first-order valence-corrected chi connectivity index (χ1v) is 7.56. The van der Waals surface area contributed by atoms with Crippen LogP contribution in [0.2, 0.25) is 5.15 Å². The summed E-state index contributed by atoms with van der Waals surface area (Å²) < 4.78 is 14.6. The lowest BCUT2D eigenvalue weighted by molar-refractivity contribution is 0.612. The zero-order valence-electron chi connectivity index (χ0n) is 10.0. The Morgan fingerprint density at radius 1 is 1.26 bits per heavy atom. The Kier molecular flexibility index (Phi) is 3.71. The van der Waals surface area contributed by atoms with Crippen molar-refractivity contribution in [2.24, 2.45) is 0 Å². The summed E-state index contributed by atoms with van der Waals surface area (Å²) in [7, 11) is 0. The largest absolute Gasteiger partial charge is 0.236 e. The molecule has 5 heteroatoms. The van der Waals surface area contributed by atoms with Gasteiger partial charge in [0.15, 0.2) is 0 Å². The summed E-state index contributed by atoms with van der Waals surface area (Å²) in [5.74, 6) is 0.873. The van der Waals surface area contributed by atoms with Gasteiger partial charge in [-0.2, -0.15) is 0 Å². The molecule has 19 heavy (non-hydrogen) atoms. The molecule has 0 amide bonds. The van der Waals surface area contributed by atoms with Gasteiger partial charge >= 0.3 is 0 Å². The van der Waals surface area contributed by atoms with Gasteiger partial charge < -0.3 is 0 Å². The highest BCUT2D eigenvalue weighted by Gasteiger charge is 2.29. The van der Waals surface area contributed by atoms with E-state index in [4.69, 9.17) is 11.6 Å². The normalized spacial score (nSPS) is 14.7. The maximum absolute atomic E-state index is 13.6. The molecule has 2 nitrogen and oxygen atoms in total. The van der Waals surface area contributed by atoms with E-state index in [1.807, 2.05) is 6.07 Å². The lowest BCUT2D eigenvalue weighted by atomic mass is 10.1. The van der Waals surface area contributed by atoms with E-state index in [1.54, 1.807) is 12.1 Å². The van der Waals surface area contributed by atoms with Crippen LogP contribution in [0.3, 0.4) is 0 Å². The number of nitrogens with zero attached hydrogens (tertiary/aromatic N) is 2. The zero-order valence-corrected chi connectivity index (χ0v) is 12.9. The average Bonchev–Trinajstić information content (AvgIpc) is 3.20. The van der Waals surface area contributed by atoms with Crippen molar-refractivity contribution >= 4 is 34.2 Å². The standard InChI is InChI=1S/C14H11ClFIN2/c15-14-12(17)13(8-5-6-8)18-11(19-14)7-9-3-1-2-4-10(9)16/h1-4,8H,5-7H2. The van der Waals surface area contributed by atoms with Gasteiger partial charge in [-0.15, -0.1) is 0 Å². The van der Waals surface area contributed by atoms with Crippen LogP contribution in [0.1, 0.15) is 35.8 Å². The molecular weight excluding hydrogens is 378 g/mol. The van der Waals surface area contributed by atoms with E-state index in [1.165, 1.54) is 6.07 Å². The molecule has 98 valence electrons. The van der Waals surface area contributed by atoms with Crippen molar-refractivity contribution < 1.29 is 4.39 Å². The van der Waals surface area contributed by atoms with E-state index in [0.717, 1.165) is 22.1 Å². The molecule has 0 radical (unpaired) electrons. The molecule has 1 heterocycles. The van der Waals surface area contributed by atoms with Crippen LogP contribution < -0.4 is 0 Å². The average molecular weight is 389 g/mol. The van der Waals surface area contributed by atoms with Crippen molar-refractivity contribution in [3.63, 3.8) is 0 Å². The van der Waals surface area contributed by atoms with Crippen LogP contribution in [-0.4, -0.2) is 9.97 Å². The van der Waals surface area contributed by atoms with Crippen LogP contribution in [0.4, 0.5) is 4.39 Å². The fourth-order valence-electron chi connectivity index (χ4n) is 2.00. The van der Waals surface area contributed by atoms with Crippen LogP contribution >= 0.6 is 34.2 Å². The fraction of sp³-hybridized carbons (Fsp3) is 0.286.